The van der Waals surface area contributed by atoms with Gasteiger partial charge in [-0.3, -0.25) is 4.79 Å². The number of methoxy groups -OCH3 is 2. The molecular formula is C15H21NO6. The number of hydrogen-bond acceptors (Lipinski definition) is 6. The Morgan fingerprint density at radius 3 is 2.41 bits per heavy atom. The minimum Gasteiger partial charge on any atom is -0.493 e. The second kappa shape index (κ2) is 8.23. The van der Waals surface area contributed by atoms with Crippen LogP contribution in [-0.4, -0.2) is 56.3 Å². The maximum atomic E-state index is 11.7. The van der Waals surface area contributed by atoms with Crippen LogP contribution in [0.15, 0.2) is 18.2 Å². The molecule has 7 nitrogen and oxygen atoms in total. The van der Waals surface area contributed by atoms with Crippen LogP contribution in [0, 0.1) is 0 Å². The molecule has 0 aliphatic carbocycles. The Balaban J connectivity index is 2.78. The molecule has 0 aromatic heterocycles. The van der Waals surface area contributed by atoms with Gasteiger partial charge >= 0.3 is 11.9 Å². The van der Waals surface area contributed by atoms with E-state index in [1.54, 1.807) is 25.1 Å². The molecular weight excluding hydrogens is 290 g/mol. The van der Waals surface area contributed by atoms with E-state index >= 15 is 0 Å². The van der Waals surface area contributed by atoms with Crippen molar-refractivity contribution >= 4 is 11.9 Å². The monoisotopic (exact) mass is 311 g/mol. The summed E-state index contributed by atoms with van der Waals surface area (Å²) in [5.74, 6) is -0.737. The molecule has 0 spiro atoms. The number of carbonyl (C=O) groups excluding carboxylic acids is 2. The summed E-state index contributed by atoms with van der Waals surface area (Å²) < 4.78 is 14.9. The highest BCUT2D eigenvalue weighted by molar-refractivity contribution is 6.32. The van der Waals surface area contributed by atoms with Gasteiger partial charge in [-0.05, 0) is 24.6 Å². The zero-order valence-electron chi connectivity index (χ0n) is 13.2. The van der Waals surface area contributed by atoms with Crippen molar-refractivity contribution in [1.82, 2.24) is 4.90 Å². The molecule has 0 fully saturated rings. The van der Waals surface area contributed by atoms with Crippen LogP contribution >= 0.6 is 0 Å². The van der Waals surface area contributed by atoms with Crippen molar-refractivity contribution in [2.24, 2.45) is 0 Å². The van der Waals surface area contributed by atoms with Gasteiger partial charge in [0.1, 0.15) is 0 Å². The summed E-state index contributed by atoms with van der Waals surface area (Å²) in [6, 6.07) is 4.94. The lowest BCUT2D eigenvalue weighted by atomic mass is 10.1. The van der Waals surface area contributed by atoms with Gasteiger partial charge < -0.3 is 24.2 Å². The largest absolute Gasteiger partial charge is 0.493 e. The minimum absolute atomic E-state index is 0.0485. The molecule has 0 radical (unpaired) electrons. The fraction of sp³-hybridized carbons (Fsp3) is 0.467. The molecule has 0 aliphatic heterocycles. The summed E-state index contributed by atoms with van der Waals surface area (Å²) in [5.41, 5.74) is 0.543. The van der Waals surface area contributed by atoms with Crippen molar-refractivity contribution in [3.05, 3.63) is 23.8 Å². The van der Waals surface area contributed by atoms with Gasteiger partial charge in [-0.2, -0.15) is 0 Å². The van der Waals surface area contributed by atoms with Crippen LogP contribution < -0.4 is 9.47 Å². The summed E-state index contributed by atoms with van der Waals surface area (Å²) in [6.45, 7) is 1.69. The van der Waals surface area contributed by atoms with E-state index in [9.17, 15) is 14.7 Å². The van der Waals surface area contributed by atoms with E-state index < -0.39 is 18.0 Å². The molecule has 0 bridgehead atoms. The number of amides is 1. The Morgan fingerprint density at radius 1 is 1.23 bits per heavy atom. The normalized spacial score (nSPS) is 11.5. The quantitative estimate of drug-likeness (QED) is 0.616. The fourth-order valence-corrected chi connectivity index (χ4v) is 1.86. The van der Waals surface area contributed by atoms with Crippen LogP contribution in [0.3, 0.4) is 0 Å². The summed E-state index contributed by atoms with van der Waals surface area (Å²) in [5, 5.41) is 10.2. The molecule has 0 saturated heterocycles. The molecule has 0 aliphatic rings. The van der Waals surface area contributed by atoms with E-state index in [2.05, 4.69) is 4.74 Å². The zero-order chi connectivity index (χ0) is 16.7. The summed E-state index contributed by atoms with van der Waals surface area (Å²) in [7, 11) is 4.42. The number of aliphatic hydroxyl groups is 1. The molecule has 1 rings (SSSR count). The van der Waals surface area contributed by atoms with Crippen LogP contribution in [-0.2, 0) is 14.3 Å². The summed E-state index contributed by atoms with van der Waals surface area (Å²) in [6.07, 6.45) is -0.969. The number of likely N-dealkylation sites (N-methyl/N-ethyl adjacent to an activating group) is 1. The highest BCUT2D eigenvalue weighted by atomic mass is 16.5. The van der Waals surface area contributed by atoms with E-state index in [1.807, 2.05) is 0 Å². The Bertz CT molecular complexity index is 531. The number of hydrogen-bond donors (Lipinski definition) is 1. The van der Waals surface area contributed by atoms with Gasteiger partial charge in [-0.15, -0.1) is 0 Å². The first-order chi connectivity index (χ1) is 10.4. The van der Waals surface area contributed by atoms with Crippen LogP contribution in [0.5, 0.6) is 11.5 Å². The lowest BCUT2D eigenvalue weighted by molar-refractivity contribution is -0.159. The molecule has 1 N–H and O–H groups in total. The predicted octanol–water partition coefficient (Wildman–Crippen LogP) is 0.759. The van der Waals surface area contributed by atoms with E-state index in [0.717, 1.165) is 4.90 Å². The number of carbonyl (C=O) groups is 2. The zero-order valence-corrected chi connectivity index (χ0v) is 13.2. The smallest absolute Gasteiger partial charge is 0.397 e. The van der Waals surface area contributed by atoms with E-state index in [4.69, 9.17) is 9.47 Å². The molecule has 0 saturated carbocycles. The number of ether oxygens (including phenoxy) is 3. The van der Waals surface area contributed by atoms with Crippen molar-refractivity contribution in [2.75, 3.05) is 34.4 Å². The highest BCUT2D eigenvalue weighted by Crippen LogP contribution is 2.30. The first-order valence-corrected chi connectivity index (χ1v) is 6.76. The Kier molecular flexibility index (Phi) is 6.65. The fourth-order valence-electron chi connectivity index (χ4n) is 1.86. The third-order valence-electron chi connectivity index (χ3n) is 3.04. The average Bonchev–Trinajstić information content (AvgIpc) is 2.53. The predicted molar refractivity (Wildman–Crippen MR) is 78.8 cm³/mol. The topological polar surface area (TPSA) is 85.3 Å². The summed E-state index contributed by atoms with van der Waals surface area (Å²) in [4.78, 5) is 24.2. The van der Waals surface area contributed by atoms with Crippen molar-refractivity contribution in [3.63, 3.8) is 0 Å². The number of nitrogens with zero attached hydrogens (tertiary/aromatic N) is 1. The van der Waals surface area contributed by atoms with Gasteiger partial charge in [0, 0.05) is 7.05 Å². The molecule has 1 unspecified atom stereocenters. The highest BCUT2D eigenvalue weighted by Gasteiger charge is 2.23. The van der Waals surface area contributed by atoms with E-state index in [-0.39, 0.29) is 13.2 Å². The van der Waals surface area contributed by atoms with Gasteiger partial charge in [0.05, 0.1) is 33.5 Å². The number of benzene rings is 1. The number of esters is 1. The van der Waals surface area contributed by atoms with Gasteiger partial charge in [0.2, 0.25) is 0 Å². The van der Waals surface area contributed by atoms with Gasteiger partial charge in [-0.25, -0.2) is 4.79 Å². The molecule has 122 valence electrons. The number of rotatable bonds is 6. The lowest BCUT2D eigenvalue weighted by Crippen LogP contribution is -2.37. The molecule has 22 heavy (non-hydrogen) atoms. The van der Waals surface area contributed by atoms with Gasteiger partial charge in [0.25, 0.3) is 0 Å². The second-order valence-corrected chi connectivity index (χ2v) is 4.54. The second-order valence-electron chi connectivity index (χ2n) is 4.54. The minimum atomic E-state index is -0.969. The molecule has 1 atom stereocenters. The van der Waals surface area contributed by atoms with Crippen molar-refractivity contribution < 1.29 is 28.9 Å². The van der Waals surface area contributed by atoms with Crippen LogP contribution in [0.2, 0.25) is 0 Å². The van der Waals surface area contributed by atoms with Crippen LogP contribution in [0.1, 0.15) is 18.6 Å². The lowest BCUT2D eigenvalue weighted by Gasteiger charge is -2.20. The Labute approximate surface area is 129 Å². The first kappa shape index (κ1) is 17.8. The maximum absolute atomic E-state index is 11.7. The first-order valence-electron chi connectivity index (χ1n) is 6.76. The van der Waals surface area contributed by atoms with Crippen molar-refractivity contribution in [3.8, 4) is 11.5 Å². The van der Waals surface area contributed by atoms with Crippen LogP contribution in [0.25, 0.3) is 0 Å². The molecule has 1 aromatic rings. The van der Waals surface area contributed by atoms with Crippen molar-refractivity contribution in [2.45, 2.75) is 13.0 Å². The standard InChI is InChI=1S/C15H21NO6/c1-5-22-15(19)14(18)16(2)9-11(17)10-6-7-12(20-3)13(8-10)21-4/h6-8,11,17H,5,9H2,1-4H3. The van der Waals surface area contributed by atoms with Gasteiger partial charge in [0.15, 0.2) is 11.5 Å². The maximum Gasteiger partial charge on any atom is 0.397 e. The third-order valence-corrected chi connectivity index (χ3v) is 3.04. The summed E-state index contributed by atoms with van der Waals surface area (Å²) >= 11 is 0. The molecule has 1 amide bonds. The molecule has 0 heterocycles. The van der Waals surface area contributed by atoms with Crippen LogP contribution in [0.4, 0.5) is 0 Å². The molecule has 7 heteroatoms. The molecule has 1 aromatic carbocycles. The van der Waals surface area contributed by atoms with Crippen molar-refractivity contribution in [1.29, 1.82) is 0 Å². The van der Waals surface area contributed by atoms with E-state index in [0.29, 0.717) is 17.1 Å². The Morgan fingerprint density at radius 2 is 1.86 bits per heavy atom. The Hall–Kier alpha value is -2.28. The average molecular weight is 311 g/mol. The van der Waals surface area contributed by atoms with E-state index in [1.165, 1.54) is 21.3 Å². The SMILES string of the molecule is CCOC(=O)C(=O)N(C)CC(O)c1ccc(OC)c(OC)c1. The third kappa shape index (κ3) is 4.36. The number of aliphatic hydroxyl groups excluding tert-OH is 1. The van der Waals surface area contributed by atoms with Gasteiger partial charge in [-0.1, -0.05) is 6.07 Å².